The smallest absolute Gasteiger partial charge is 0.243 e. The Kier molecular flexibility index (Phi) is 4.68. The first kappa shape index (κ1) is 14.2. The molecule has 1 aromatic rings. The van der Waals surface area contributed by atoms with Crippen molar-refractivity contribution in [3.05, 3.63) is 29.8 Å². The molecule has 0 aromatic heterocycles. The van der Waals surface area contributed by atoms with Gasteiger partial charge in [0.25, 0.3) is 0 Å². The van der Waals surface area contributed by atoms with Gasteiger partial charge in [-0.3, -0.25) is 0 Å². The fourth-order valence-electron chi connectivity index (χ4n) is 1.52. The molecule has 0 fully saturated rings. The van der Waals surface area contributed by atoms with Gasteiger partial charge in [-0.25, -0.2) is 8.42 Å². The van der Waals surface area contributed by atoms with Gasteiger partial charge in [0.15, 0.2) is 0 Å². The second kappa shape index (κ2) is 5.62. The molecule has 5 heteroatoms. The maximum atomic E-state index is 12.4. The van der Waals surface area contributed by atoms with E-state index in [0.29, 0.717) is 11.4 Å². The predicted octanol–water partition coefficient (Wildman–Crippen LogP) is 1.43. The summed E-state index contributed by atoms with van der Waals surface area (Å²) in [5, 5.41) is 2.98. The second-order valence-electron chi connectivity index (χ2n) is 4.25. The van der Waals surface area contributed by atoms with Gasteiger partial charge < -0.3 is 5.32 Å². The molecule has 17 heavy (non-hydrogen) atoms. The lowest BCUT2D eigenvalue weighted by Crippen LogP contribution is -2.33. The van der Waals surface area contributed by atoms with Crippen LogP contribution in [-0.4, -0.2) is 32.9 Å². The minimum absolute atomic E-state index is 0.0531. The first-order chi connectivity index (χ1) is 7.91. The zero-order valence-electron chi connectivity index (χ0n) is 10.8. The molecular weight excluding hydrogens is 236 g/mol. The van der Waals surface area contributed by atoms with Gasteiger partial charge in [0.05, 0.1) is 4.90 Å². The first-order valence-electron chi connectivity index (χ1n) is 5.61. The Labute approximate surface area is 104 Å². The minimum Gasteiger partial charge on any atom is -0.316 e. The van der Waals surface area contributed by atoms with Gasteiger partial charge in [-0.1, -0.05) is 18.2 Å². The lowest BCUT2D eigenvalue weighted by Gasteiger charge is -2.22. The van der Waals surface area contributed by atoms with E-state index in [1.807, 2.05) is 26.0 Å². The van der Waals surface area contributed by atoms with E-state index in [0.717, 1.165) is 5.56 Å². The molecule has 0 saturated carbocycles. The van der Waals surface area contributed by atoms with Crippen LogP contribution in [0.4, 0.5) is 0 Å². The summed E-state index contributed by atoms with van der Waals surface area (Å²) in [5.41, 5.74) is 0.794. The fourth-order valence-corrected chi connectivity index (χ4v) is 3.11. The lowest BCUT2D eigenvalue weighted by molar-refractivity contribution is 0.410. The van der Waals surface area contributed by atoms with Gasteiger partial charge in [-0.05, 0) is 32.5 Å². The highest BCUT2D eigenvalue weighted by atomic mass is 32.2. The van der Waals surface area contributed by atoms with Crippen LogP contribution in [0.15, 0.2) is 29.2 Å². The quantitative estimate of drug-likeness (QED) is 0.867. The number of rotatable bonds is 5. The average Bonchev–Trinajstić information content (AvgIpc) is 2.29. The van der Waals surface area contributed by atoms with E-state index < -0.39 is 10.0 Å². The van der Waals surface area contributed by atoms with Gasteiger partial charge in [0, 0.05) is 19.6 Å². The molecule has 0 aliphatic carbocycles. The predicted molar refractivity (Wildman–Crippen MR) is 69.3 cm³/mol. The molecule has 1 N–H and O–H groups in total. The van der Waals surface area contributed by atoms with Gasteiger partial charge >= 0.3 is 0 Å². The molecular formula is C12H20N2O2S. The van der Waals surface area contributed by atoms with Crippen LogP contribution in [0.2, 0.25) is 0 Å². The van der Waals surface area contributed by atoms with Crippen LogP contribution in [0.1, 0.15) is 19.4 Å². The van der Waals surface area contributed by atoms with Crippen LogP contribution in [0.25, 0.3) is 0 Å². The van der Waals surface area contributed by atoms with Crippen molar-refractivity contribution in [1.29, 1.82) is 0 Å². The summed E-state index contributed by atoms with van der Waals surface area (Å²) >= 11 is 0. The normalized spacial score (nSPS) is 12.4. The van der Waals surface area contributed by atoms with Crippen LogP contribution in [0.5, 0.6) is 0 Å². The minimum atomic E-state index is -3.40. The summed E-state index contributed by atoms with van der Waals surface area (Å²) in [5.74, 6) is 0. The Morgan fingerprint density at radius 1 is 1.29 bits per heavy atom. The van der Waals surface area contributed by atoms with Crippen molar-refractivity contribution in [1.82, 2.24) is 9.62 Å². The van der Waals surface area contributed by atoms with E-state index >= 15 is 0 Å². The Balaban J connectivity index is 3.23. The maximum Gasteiger partial charge on any atom is 0.243 e. The molecule has 0 radical (unpaired) electrons. The van der Waals surface area contributed by atoms with Gasteiger partial charge in [-0.2, -0.15) is 4.31 Å². The molecule has 0 atom stereocenters. The van der Waals surface area contributed by atoms with E-state index in [1.54, 1.807) is 26.2 Å². The molecule has 1 rings (SSSR count). The van der Waals surface area contributed by atoms with E-state index in [-0.39, 0.29) is 6.04 Å². The third-order valence-electron chi connectivity index (χ3n) is 2.72. The van der Waals surface area contributed by atoms with Gasteiger partial charge in [0.1, 0.15) is 0 Å². The second-order valence-corrected chi connectivity index (χ2v) is 6.22. The molecule has 0 saturated heterocycles. The highest BCUT2D eigenvalue weighted by Crippen LogP contribution is 2.20. The van der Waals surface area contributed by atoms with Crippen molar-refractivity contribution in [2.24, 2.45) is 0 Å². The molecule has 1 aromatic carbocycles. The maximum absolute atomic E-state index is 12.4. The van der Waals surface area contributed by atoms with Crippen molar-refractivity contribution >= 4 is 10.0 Å². The Hall–Kier alpha value is -0.910. The highest BCUT2D eigenvalue weighted by molar-refractivity contribution is 7.89. The molecule has 96 valence electrons. The molecule has 0 spiro atoms. The van der Waals surface area contributed by atoms with Crippen LogP contribution in [-0.2, 0) is 16.6 Å². The largest absolute Gasteiger partial charge is 0.316 e. The Morgan fingerprint density at radius 2 is 1.88 bits per heavy atom. The van der Waals surface area contributed by atoms with Crippen LogP contribution in [0, 0.1) is 0 Å². The molecule has 0 bridgehead atoms. The standard InChI is InChI=1S/C12H20N2O2S/c1-10(2)14(4)17(15,16)12-8-6-5-7-11(12)9-13-3/h5-8,10,13H,9H2,1-4H3. The summed E-state index contributed by atoms with van der Waals surface area (Å²) < 4.78 is 26.1. The van der Waals surface area contributed by atoms with Crippen molar-refractivity contribution in [2.45, 2.75) is 31.3 Å². The zero-order chi connectivity index (χ0) is 13.1. The summed E-state index contributed by atoms with van der Waals surface area (Å²) in [6.07, 6.45) is 0. The van der Waals surface area contributed by atoms with Crippen molar-refractivity contribution < 1.29 is 8.42 Å². The average molecular weight is 256 g/mol. The summed E-state index contributed by atoms with van der Waals surface area (Å²) in [6.45, 7) is 4.26. The lowest BCUT2D eigenvalue weighted by atomic mass is 10.2. The SMILES string of the molecule is CNCc1ccccc1S(=O)(=O)N(C)C(C)C. The van der Waals surface area contributed by atoms with Crippen LogP contribution < -0.4 is 5.32 Å². The number of nitrogens with zero attached hydrogens (tertiary/aromatic N) is 1. The molecule has 0 aliphatic heterocycles. The third-order valence-corrected chi connectivity index (χ3v) is 4.86. The van der Waals surface area contributed by atoms with E-state index in [9.17, 15) is 8.42 Å². The van der Waals surface area contributed by atoms with Crippen molar-refractivity contribution in [3.63, 3.8) is 0 Å². The Bertz CT molecular complexity index is 469. The molecule has 4 nitrogen and oxygen atoms in total. The van der Waals surface area contributed by atoms with Crippen molar-refractivity contribution in [3.8, 4) is 0 Å². The third kappa shape index (κ3) is 3.06. The number of nitrogens with one attached hydrogen (secondary N) is 1. The molecule has 0 aliphatic rings. The van der Waals surface area contributed by atoms with Crippen LogP contribution >= 0.6 is 0 Å². The van der Waals surface area contributed by atoms with Gasteiger partial charge in [-0.15, -0.1) is 0 Å². The van der Waals surface area contributed by atoms with E-state index in [1.165, 1.54) is 4.31 Å². The van der Waals surface area contributed by atoms with E-state index in [2.05, 4.69) is 5.32 Å². The molecule has 0 heterocycles. The van der Waals surface area contributed by atoms with Crippen LogP contribution in [0.3, 0.4) is 0 Å². The van der Waals surface area contributed by atoms with Crippen molar-refractivity contribution in [2.75, 3.05) is 14.1 Å². The Morgan fingerprint density at radius 3 is 2.41 bits per heavy atom. The number of hydrogen-bond donors (Lipinski definition) is 1. The summed E-state index contributed by atoms with van der Waals surface area (Å²) in [6, 6.07) is 7.03. The molecule has 0 amide bonds. The van der Waals surface area contributed by atoms with Gasteiger partial charge in [0.2, 0.25) is 10.0 Å². The zero-order valence-corrected chi connectivity index (χ0v) is 11.6. The fraction of sp³-hybridized carbons (Fsp3) is 0.500. The number of sulfonamides is 1. The molecule has 0 unspecified atom stereocenters. The summed E-state index contributed by atoms with van der Waals surface area (Å²) in [4.78, 5) is 0.380. The summed E-state index contributed by atoms with van der Waals surface area (Å²) in [7, 11) is 0.0107. The monoisotopic (exact) mass is 256 g/mol. The topological polar surface area (TPSA) is 49.4 Å². The number of hydrogen-bond acceptors (Lipinski definition) is 3. The number of benzene rings is 1. The first-order valence-corrected chi connectivity index (χ1v) is 7.05. The van der Waals surface area contributed by atoms with E-state index in [4.69, 9.17) is 0 Å². The highest BCUT2D eigenvalue weighted by Gasteiger charge is 2.25.